The van der Waals surface area contributed by atoms with Gasteiger partial charge in [0.1, 0.15) is 11.5 Å². The Hall–Kier alpha value is -2.50. The smallest absolute Gasteiger partial charge is 0.123 e. The number of nitrogens with one attached hydrogen (secondary N) is 1. The predicted octanol–water partition coefficient (Wildman–Crippen LogP) is 3.17. The number of aromatic nitrogens is 2. The van der Waals surface area contributed by atoms with Gasteiger partial charge in [-0.15, -0.1) is 0 Å². The Bertz CT molecular complexity index is 802. The van der Waals surface area contributed by atoms with E-state index < -0.39 is 6.10 Å². The summed E-state index contributed by atoms with van der Waals surface area (Å²) < 4.78 is 13.7. The van der Waals surface area contributed by atoms with Crippen LogP contribution in [-0.4, -0.2) is 33.1 Å². The van der Waals surface area contributed by atoms with Gasteiger partial charge in [-0.3, -0.25) is 5.10 Å². The van der Waals surface area contributed by atoms with E-state index in [1.165, 1.54) is 12.1 Å². The second kappa shape index (κ2) is 7.38. The van der Waals surface area contributed by atoms with Crippen molar-refractivity contribution in [1.29, 1.82) is 0 Å². The highest BCUT2D eigenvalue weighted by Crippen LogP contribution is 2.34. The number of aliphatic hydroxyl groups excluding tert-OH is 2. The number of nitrogens with zero attached hydrogens (tertiary/aromatic N) is 1. The Morgan fingerprint density at radius 3 is 2.50 bits per heavy atom. The lowest BCUT2D eigenvalue weighted by atomic mass is 9.96. The van der Waals surface area contributed by atoms with E-state index in [4.69, 9.17) is 5.11 Å². The molecule has 24 heavy (non-hydrogen) atoms. The van der Waals surface area contributed by atoms with Gasteiger partial charge in [-0.05, 0) is 30.5 Å². The molecular weight excluding hydrogens is 307 g/mol. The largest absolute Gasteiger partial charge is 0.394 e. The molecule has 124 valence electrons. The van der Waals surface area contributed by atoms with Crippen molar-refractivity contribution in [1.82, 2.24) is 10.2 Å². The normalized spacial score (nSPS) is 12.3. The molecule has 1 aromatic heterocycles. The van der Waals surface area contributed by atoms with Crippen LogP contribution in [0.5, 0.6) is 0 Å². The van der Waals surface area contributed by atoms with Gasteiger partial charge in [-0.25, -0.2) is 4.39 Å². The Balaban J connectivity index is 2.05. The molecule has 5 heteroatoms. The molecule has 1 atom stereocenters. The molecular formula is C19H19FN2O2. The maximum Gasteiger partial charge on any atom is 0.123 e. The summed E-state index contributed by atoms with van der Waals surface area (Å²) in [4.78, 5) is 0. The van der Waals surface area contributed by atoms with Crippen molar-refractivity contribution in [2.75, 3.05) is 6.61 Å². The van der Waals surface area contributed by atoms with Gasteiger partial charge in [0.2, 0.25) is 0 Å². The number of hydrogen-bond donors (Lipinski definition) is 3. The van der Waals surface area contributed by atoms with Crippen LogP contribution in [0.4, 0.5) is 4.39 Å². The third kappa shape index (κ3) is 3.53. The lowest BCUT2D eigenvalue weighted by Gasteiger charge is -2.09. The first-order chi connectivity index (χ1) is 11.7. The van der Waals surface area contributed by atoms with Crippen LogP contribution in [0.3, 0.4) is 0 Å². The highest BCUT2D eigenvalue weighted by Gasteiger charge is 2.17. The molecule has 0 radical (unpaired) electrons. The Morgan fingerprint density at radius 2 is 1.79 bits per heavy atom. The molecule has 1 heterocycles. The highest BCUT2D eigenvalue weighted by molar-refractivity contribution is 5.82. The van der Waals surface area contributed by atoms with Crippen LogP contribution < -0.4 is 0 Å². The lowest BCUT2D eigenvalue weighted by molar-refractivity contribution is 0.0884. The number of aliphatic hydroxyl groups is 2. The fourth-order valence-electron chi connectivity index (χ4n) is 2.72. The summed E-state index contributed by atoms with van der Waals surface area (Å²) in [5, 5.41) is 26.0. The fourth-order valence-corrected chi connectivity index (χ4v) is 2.72. The first-order valence-electron chi connectivity index (χ1n) is 7.86. The monoisotopic (exact) mass is 326 g/mol. The molecule has 3 N–H and O–H groups in total. The van der Waals surface area contributed by atoms with Crippen LogP contribution in [-0.2, 0) is 6.42 Å². The summed E-state index contributed by atoms with van der Waals surface area (Å²) in [6.07, 6.45) is 0.122. The van der Waals surface area contributed by atoms with E-state index in [0.717, 1.165) is 28.1 Å². The summed E-state index contributed by atoms with van der Waals surface area (Å²) in [7, 11) is 0. The molecule has 0 amide bonds. The second-order valence-electron chi connectivity index (χ2n) is 5.68. The number of H-pyrrole nitrogens is 1. The van der Waals surface area contributed by atoms with Gasteiger partial charge in [0.15, 0.2) is 0 Å². The quantitative estimate of drug-likeness (QED) is 0.652. The SMILES string of the molecule is OC[C@H](O)CCc1[nH]nc(-c2ccccc2)c1-c1cccc(F)c1. The molecule has 0 spiro atoms. The second-order valence-corrected chi connectivity index (χ2v) is 5.68. The van der Waals surface area contributed by atoms with Crippen molar-refractivity contribution < 1.29 is 14.6 Å². The van der Waals surface area contributed by atoms with Crippen molar-refractivity contribution in [3.05, 3.63) is 66.1 Å². The molecule has 0 aliphatic heterocycles. The highest BCUT2D eigenvalue weighted by atomic mass is 19.1. The van der Waals surface area contributed by atoms with Gasteiger partial charge < -0.3 is 10.2 Å². The third-order valence-electron chi connectivity index (χ3n) is 3.94. The molecule has 0 aliphatic carbocycles. The van der Waals surface area contributed by atoms with E-state index in [1.807, 2.05) is 36.4 Å². The number of aromatic amines is 1. The van der Waals surface area contributed by atoms with E-state index in [-0.39, 0.29) is 12.4 Å². The van der Waals surface area contributed by atoms with Crippen LogP contribution in [0.25, 0.3) is 22.4 Å². The standard InChI is InChI=1S/C19H19FN2O2/c20-15-8-4-7-14(11-15)18-17(10-9-16(24)12-23)21-22-19(18)13-5-2-1-3-6-13/h1-8,11,16,23-24H,9-10,12H2,(H,21,22)/t16-/m1/s1. The maximum atomic E-state index is 13.7. The first kappa shape index (κ1) is 16.4. The fraction of sp³-hybridized carbons (Fsp3) is 0.211. The maximum absolute atomic E-state index is 13.7. The first-order valence-corrected chi connectivity index (χ1v) is 7.86. The van der Waals surface area contributed by atoms with E-state index in [0.29, 0.717) is 12.8 Å². The summed E-state index contributed by atoms with van der Waals surface area (Å²) in [6, 6.07) is 16.1. The number of rotatable bonds is 6. The number of aryl methyl sites for hydroxylation is 1. The molecule has 3 aromatic rings. The average Bonchev–Trinajstić information content (AvgIpc) is 3.04. The zero-order chi connectivity index (χ0) is 16.9. The number of benzene rings is 2. The Labute approximate surface area is 139 Å². The molecule has 0 aliphatic rings. The van der Waals surface area contributed by atoms with E-state index >= 15 is 0 Å². The van der Waals surface area contributed by atoms with Gasteiger partial charge >= 0.3 is 0 Å². The topological polar surface area (TPSA) is 69.1 Å². The van der Waals surface area contributed by atoms with Gasteiger partial charge in [-0.1, -0.05) is 42.5 Å². The molecule has 0 unspecified atom stereocenters. The lowest BCUT2D eigenvalue weighted by Crippen LogP contribution is -2.13. The van der Waals surface area contributed by atoms with Crippen LogP contribution in [0.15, 0.2) is 54.6 Å². The van der Waals surface area contributed by atoms with Crippen molar-refractivity contribution in [2.24, 2.45) is 0 Å². The molecule has 3 rings (SSSR count). The van der Waals surface area contributed by atoms with Crippen molar-refractivity contribution in [3.8, 4) is 22.4 Å². The van der Waals surface area contributed by atoms with Crippen molar-refractivity contribution in [2.45, 2.75) is 18.9 Å². The van der Waals surface area contributed by atoms with Gasteiger partial charge in [0.05, 0.1) is 12.7 Å². The molecule has 0 saturated heterocycles. The van der Waals surface area contributed by atoms with Gasteiger partial charge in [-0.2, -0.15) is 5.10 Å². The molecule has 4 nitrogen and oxygen atoms in total. The Kier molecular flexibility index (Phi) is 5.03. The summed E-state index contributed by atoms with van der Waals surface area (Å²) in [6.45, 7) is -0.283. The van der Waals surface area contributed by atoms with Crippen LogP contribution in [0.2, 0.25) is 0 Å². The van der Waals surface area contributed by atoms with Crippen molar-refractivity contribution >= 4 is 0 Å². The van der Waals surface area contributed by atoms with Crippen LogP contribution >= 0.6 is 0 Å². The Morgan fingerprint density at radius 1 is 1.04 bits per heavy atom. The van der Waals surface area contributed by atoms with Crippen LogP contribution in [0, 0.1) is 5.82 Å². The average molecular weight is 326 g/mol. The minimum atomic E-state index is -0.783. The third-order valence-corrected chi connectivity index (χ3v) is 3.94. The molecule has 0 saturated carbocycles. The van der Waals surface area contributed by atoms with Crippen molar-refractivity contribution in [3.63, 3.8) is 0 Å². The van der Waals surface area contributed by atoms with Crippen LogP contribution in [0.1, 0.15) is 12.1 Å². The van der Waals surface area contributed by atoms with E-state index in [1.54, 1.807) is 6.07 Å². The summed E-state index contributed by atoms with van der Waals surface area (Å²) in [5.74, 6) is -0.311. The molecule has 2 aromatic carbocycles. The summed E-state index contributed by atoms with van der Waals surface area (Å²) in [5.41, 5.74) is 4.05. The van der Waals surface area contributed by atoms with E-state index in [2.05, 4.69) is 10.2 Å². The van der Waals surface area contributed by atoms with E-state index in [9.17, 15) is 9.50 Å². The minimum Gasteiger partial charge on any atom is -0.394 e. The number of halogens is 1. The molecule has 0 bridgehead atoms. The van der Waals surface area contributed by atoms with Gasteiger partial charge in [0, 0.05) is 16.8 Å². The zero-order valence-corrected chi connectivity index (χ0v) is 13.1. The number of hydrogen-bond acceptors (Lipinski definition) is 3. The van der Waals surface area contributed by atoms with Gasteiger partial charge in [0.25, 0.3) is 0 Å². The summed E-state index contributed by atoms with van der Waals surface area (Å²) >= 11 is 0. The predicted molar refractivity (Wildman–Crippen MR) is 90.8 cm³/mol. The molecule has 0 fully saturated rings. The minimum absolute atomic E-state index is 0.283. The zero-order valence-electron chi connectivity index (χ0n) is 13.1.